The largest absolute Gasteiger partial charge is 0.353 e. The van der Waals surface area contributed by atoms with Gasteiger partial charge in [0.1, 0.15) is 5.82 Å². The predicted octanol–water partition coefficient (Wildman–Crippen LogP) is 3.23. The van der Waals surface area contributed by atoms with Crippen molar-refractivity contribution in [2.75, 3.05) is 29.9 Å². The zero-order valence-corrected chi connectivity index (χ0v) is 14.3. The highest BCUT2D eigenvalue weighted by Crippen LogP contribution is 2.39. The van der Waals surface area contributed by atoms with Gasteiger partial charge in [-0.15, -0.1) is 5.10 Å². The molecule has 0 unspecified atom stereocenters. The third kappa shape index (κ3) is 2.60. The molecule has 5 heteroatoms. The molecular weight excluding hydrogens is 310 g/mol. The Morgan fingerprint density at radius 2 is 1.84 bits per heavy atom. The number of aromatic nitrogens is 3. The molecule has 126 valence electrons. The molecule has 25 heavy (non-hydrogen) atoms. The van der Waals surface area contributed by atoms with Crippen LogP contribution in [0.1, 0.15) is 24.5 Å². The second kappa shape index (κ2) is 5.69. The Bertz CT molecular complexity index is 892. The average molecular weight is 331 g/mol. The minimum Gasteiger partial charge on any atom is -0.353 e. The number of anilines is 2. The average Bonchev–Trinajstić information content (AvgIpc) is 3.45. The zero-order chi connectivity index (χ0) is 16.8. The summed E-state index contributed by atoms with van der Waals surface area (Å²) in [6, 6.07) is 15.2. The van der Waals surface area contributed by atoms with Crippen LogP contribution in [0.5, 0.6) is 0 Å². The summed E-state index contributed by atoms with van der Waals surface area (Å²) in [5, 5.41) is 11.3. The molecule has 0 spiro atoms. The van der Waals surface area contributed by atoms with Crippen LogP contribution in [0, 0.1) is 0 Å². The first-order chi connectivity index (χ1) is 12.3. The van der Waals surface area contributed by atoms with Gasteiger partial charge in [0.05, 0.1) is 11.7 Å². The van der Waals surface area contributed by atoms with Gasteiger partial charge in [-0.05, 0) is 36.4 Å². The lowest BCUT2D eigenvalue weighted by atomic mass is 10.1. The van der Waals surface area contributed by atoms with Crippen LogP contribution in [0.3, 0.4) is 0 Å². The highest BCUT2D eigenvalue weighted by atomic mass is 15.4. The van der Waals surface area contributed by atoms with Crippen molar-refractivity contribution in [3.63, 3.8) is 0 Å². The van der Waals surface area contributed by atoms with E-state index in [-0.39, 0.29) is 0 Å². The van der Waals surface area contributed by atoms with Gasteiger partial charge in [-0.3, -0.25) is 0 Å². The van der Waals surface area contributed by atoms with Gasteiger partial charge >= 0.3 is 0 Å². The number of fused-ring (bicyclic) bond motifs is 1. The van der Waals surface area contributed by atoms with Crippen molar-refractivity contribution in [2.45, 2.75) is 24.8 Å². The fourth-order valence-electron chi connectivity index (χ4n) is 3.55. The summed E-state index contributed by atoms with van der Waals surface area (Å²) in [6.45, 7) is 1.91. The Hall–Kier alpha value is -2.69. The van der Waals surface area contributed by atoms with E-state index < -0.39 is 0 Å². The van der Waals surface area contributed by atoms with Gasteiger partial charge in [-0.25, -0.2) is 4.98 Å². The van der Waals surface area contributed by atoms with Crippen LogP contribution in [-0.2, 0) is 0 Å². The first-order valence-electron chi connectivity index (χ1n) is 8.95. The van der Waals surface area contributed by atoms with Crippen molar-refractivity contribution in [1.82, 2.24) is 15.2 Å². The highest BCUT2D eigenvalue weighted by Gasteiger charge is 2.33. The minimum atomic E-state index is 0.447. The van der Waals surface area contributed by atoms with Gasteiger partial charge in [0.2, 0.25) is 0 Å². The van der Waals surface area contributed by atoms with E-state index in [1.807, 2.05) is 6.20 Å². The summed E-state index contributed by atoms with van der Waals surface area (Å²) in [5.74, 6) is 2.70. The summed E-state index contributed by atoms with van der Waals surface area (Å²) in [6.07, 6.45) is 4.43. The van der Waals surface area contributed by atoms with E-state index in [1.165, 1.54) is 23.6 Å². The van der Waals surface area contributed by atoms with Crippen LogP contribution in [0.2, 0.25) is 0 Å². The number of hydrogen-bond acceptors (Lipinski definition) is 5. The van der Waals surface area contributed by atoms with E-state index in [4.69, 9.17) is 0 Å². The second-order valence-corrected chi connectivity index (χ2v) is 7.12. The molecular formula is C20H21N5. The predicted molar refractivity (Wildman–Crippen MR) is 100 cm³/mol. The van der Waals surface area contributed by atoms with Gasteiger partial charge in [0.15, 0.2) is 5.82 Å². The topological polar surface area (TPSA) is 45.2 Å². The molecule has 0 radical (unpaired) electrons. The molecule has 2 aliphatic rings. The molecule has 5 nitrogen and oxygen atoms in total. The van der Waals surface area contributed by atoms with Gasteiger partial charge in [0.25, 0.3) is 0 Å². The first kappa shape index (κ1) is 14.6. The molecule has 0 amide bonds. The van der Waals surface area contributed by atoms with Crippen LogP contribution in [0.25, 0.3) is 10.8 Å². The van der Waals surface area contributed by atoms with Crippen molar-refractivity contribution in [3.05, 3.63) is 54.4 Å². The summed E-state index contributed by atoms with van der Waals surface area (Å²) in [5.41, 5.74) is 1.15. The van der Waals surface area contributed by atoms with Gasteiger partial charge < -0.3 is 9.80 Å². The van der Waals surface area contributed by atoms with E-state index >= 15 is 0 Å². The number of pyridine rings is 1. The third-order valence-corrected chi connectivity index (χ3v) is 5.39. The Balaban J connectivity index is 1.30. The molecule has 0 bridgehead atoms. The minimum absolute atomic E-state index is 0.447. The maximum absolute atomic E-state index is 4.62. The zero-order valence-electron chi connectivity index (χ0n) is 14.3. The number of nitrogens with zero attached hydrogens (tertiary/aromatic N) is 5. The molecule has 3 aromatic rings. The Labute approximate surface area is 147 Å². The lowest BCUT2D eigenvalue weighted by Crippen LogP contribution is -2.59. The van der Waals surface area contributed by atoms with Gasteiger partial charge in [-0.2, -0.15) is 5.10 Å². The van der Waals surface area contributed by atoms with Crippen LogP contribution in [0.4, 0.5) is 11.6 Å². The summed E-state index contributed by atoms with van der Waals surface area (Å²) < 4.78 is 0. The highest BCUT2D eigenvalue weighted by molar-refractivity contribution is 5.92. The van der Waals surface area contributed by atoms with E-state index in [2.05, 4.69) is 74.5 Å². The lowest BCUT2D eigenvalue weighted by Gasteiger charge is -2.45. The summed E-state index contributed by atoms with van der Waals surface area (Å²) in [4.78, 5) is 9.21. The maximum atomic E-state index is 4.62. The van der Waals surface area contributed by atoms with E-state index in [0.717, 1.165) is 30.4 Å². The summed E-state index contributed by atoms with van der Waals surface area (Å²) >= 11 is 0. The number of likely N-dealkylation sites (N-methyl/N-ethyl adjacent to an activating group) is 1. The molecule has 1 aliphatic carbocycles. The quantitative estimate of drug-likeness (QED) is 0.734. The first-order valence-corrected chi connectivity index (χ1v) is 8.95. The fourth-order valence-corrected chi connectivity index (χ4v) is 3.55. The maximum Gasteiger partial charge on any atom is 0.151 e. The molecule has 0 atom stereocenters. The summed E-state index contributed by atoms with van der Waals surface area (Å²) in [7, 11) is 2.14. The third-order valence-electron chi connectivity index (χ3n) is 5.39. The van der Waals surface area contributed by atoms with E-state index in [0.29, 0.717) is 12.0 Å². The van der Waals surface area contributed by atoms with Crippen LogP contribution >= 0.6 is 0 Å². The van der Waals surface area contributed by atoms with Crippen LogP contribution < -0.4 is 9.80 Å². The smallest absolute Gasteiger partial charge is 0.151 e. The number of rotatable bonds is 4. The van der Waals surface area contributed by atoms with E-state index in [1.54, 1.807) is 0 Å². The molecule has 1 aliphatic heterocycles. The number of benzene rings is 1. The molecule has 3 heterocycles. The Kier molecular flexibility index (Phi) is 3.33. The van der Waals surface area contributed by atoms with Crippen molar-refractivity contribution < 1.29 is 0 Å². The van der Waals surface area contributed by atoms with Crippen molar-refractivity contribution in [1.29, 1.82) is 0 Å². The Morgan fingerprint density at radius 1 is 1.00 bits per heavy atom. The van der Waals surface area contributed by atoms with Gasteiger partial charge in [-0.1, -0.05) is 24.3 Å². The monoisotopic (exact) mass is 331 g/mol. The molecule has 0 N–H and O–H groups in total. The van der Waals surface area contributed by atoms with E-state index in [9.17, 15) is 0 Å². The number of hydrogen-bond donors (Lipinski definition) is 0. The van der Waals surface area contributed by atoms with Gasteiger partial charge in [0, 0.05) is 37.6 Å². The van der Waals surface area contributed by atoms with Crippen LogP contribution in [-0.4, -0.2) is 41.4 Å². The van der Waals surface area contributed by atoms with Crippen LogP contribution in [0.15, 0.2) is 48.7 Å². The molecule has 1 saturated heterocycles. The SMILES string of the molecule is CN(c1nccc2ccccc12)C1CN(c2ccc(C3CC3)nn2)C1. The molecule has 1 aromatic carbocycles. The Morgan fingerprint density at radius 3 is 2.60 bits per heavy atom. The molecule has 2 fully saturated rings. The fraction of sp³-hybridized carbons (Fsp3) is 0.350. The van der Waals surface area contributed by atoms with Crippen molar-refractivity contribution in [2.24, 2.45) is 0 Å². The normalized spacial score (nSPS) is 17.6. The van der Waals surface area contributed by atoms with Crippen molar-refractivity contribution in [3.8, 4) is 0 Å². The standard InChI is InChI=1S/C20H21N5/c1-24(20-17-5-3-2-4-14(17)10-11-21-20)16-12-25(13-16)19-9-8-18(22-23-19)15-6-7-15/h2-5,8-11,15-16H,6-7,12-13H2,1H3. The molecule has 1 saturated carbocycles. The van der Waals surface area contributed by atoms with Crippen molar-refractivity contribution >= 4 is 22.4 Å². The molecule has 2 aromatic heterocycles. The lowest BCUT2D eigenvalue weighted by molar-refractivity contribution is 0.488. The molecule has 5 rings (SSSR count). The second-order valence-electron chi connectivity index (χ2n) is 7.12.